The number of fused-ring (bicyclic) bond motifs is 6. The van der Waals surface area contributed by atoms with Crippen LogP contribution < -0.4 is 0 Å². The van der Waals surface area contributed by atoms with Crippen LogP contribution in [-0.2, 0) is 17.9 Å². The Morgan fingerprint density at radius 3 is 2.36 bits per heavy atom. The van der Waals surface area contributed by atoms with Crippen molar-refractivity contribution in [3.63, 3.8) is 0 Å². The van der Waals surface area contributed by atoms with E-state index in [-0.39, 0.29) is 23.0 Å². The molecule has 4 saturated carbocycles. The van der Waals surface area contributed by atoms with E-state index in [2.05, 4.69) is 45.0 Å². The monoisotopic (exact) mass is 493 g/mol. The van der Waals surface area contributed by atoms with Crippen molar-refractivity contribution in [2.75, 3.05) is 0 Å². The number of carbonyl (C=O) groups excluding carboxylic acids is 1. The molecule has 36 heavy (non-hydrogen) atoms. The van der Waals surface area contributed by atoms with Crippen molar-refractivity contribution < 1.29 is 15.0 Å². The molecular weight excluding hydrogens is 446 g/mol. The smallest absolute Gasteiger partial charge is 0.223 e. The van der Waals surface area contributed by atoms with Gasteiger partial charge in [0.1, 0.15) is 0 Å². The Morgan fingerprint density at radius 2 is 1.64 bits per heavy atom. The topological polar surface area (TPSA) is 60.8 Å². The second kappa shape index (κ2) is 9.12. The highest BCUT2D eigenvalue weighted by Crippen LogP contribution is 2.68. The number of amides is 1. The summed E-state index contributed by atoms with van der Waals surface area (Å²) in [5.41, 5.74) is 3.17. The zero-order valence-corrected chi connectivity index (χ0v) is 22.7. The van der Waals surface area contributed by atoms with E-state index in [9.17, 15) is 15.0 Å². The van der Waals surface area contributed by atoms with Crippen LogP contribution in [0.4, 0.5) is 0 Å². The van der Waals surface area contributed by atoms with Gasteiger partial charge >= 0.3 is 0 Å². The van der Waals surface area contributed by atoms with E-state index >= 15 is 0 Å². The molecule has 4 heteroatoms. The summed E-state index contributed by atoms with van der Waals surface area (Å²) in [6, 6.07) is 8.45. The molecule has 1 aliphatic heterocycles. The van der Waals surface area contributed by atoms with Crippen LogP contribution in [0.25, 0.3) is 0 Å². The Morgan fingerprint density at radius 1 is 0.972 bits per heavy atom. The Hall–Kier alpha value is -1.39. The van der Waals surface area contributed by atoms with Gasteiger partial charge in [-0.1, -0.05) is 45.0 Å². The van der Waals surface area contributed by atoms with Gasteiger partial charge in [-0.3, -0.25) is 4.79 Å². The first-order valence-electron chi connectivity index (χ1n) is 14.9. The largest absolute Gasteiger partial charge is 0.393 e. The minimum Gasteiger partial charge on any atom is -0.393 e. The van der Waals surface area contributed by atoms with Crippen LogP contribution in [0.2, 0.25) is 0 Å². The Balaban J connectivity index is 1.11. The highest BCUT2D eigenvalue weighted by molar-refractivity contribution is 5.77. The third kappa shape index (κ3) is 3.88. The van der Waals surface area contributed by atoms with Gasteiger partial charge in [0.15, 0.2) is 0 Å². The summed E-state index contributed by atoms with van der Waals surface area (Å²) in [6.07, 6.45) is 10.1. The van der Waals surface area contributed by atoms with Gasteiger partial charge in [0.2, 0.25) is 5.91 Å². The maximum atomic E-state index is 13.1. The second-order valence-electron chi connectivity index (χ2n) is 14.0. The zero-order valence-electron chi connectivity index (χ0n) is 22.7. The lowest BCUT2D eigenvalue weighted by molar-refractivity contribution is -0.174. The summed E-state index contributed by atoms with van der Waals surface area (Å²) < 4.78 is 0. The number of benzene rings is 1. The second-order valence-corrected chi connectivity index (χ2v) is 14.0. The van der Waals surface area contributed by atoms with Crippen LogP contribution in [0.1, 0.15) is 96.1 Å². The van der Waals surface area contributed by atoms with Crippen LogP contribution in [0, 0.1) is 46.3 Å². The molecule has 1 aromatic rings. The van der Waals surface area contributed by atoms with E-state index in [1.165, 1.54) is 36.8 Å². The summed E-state index contributed by atoms with van der Waals surface area (Å²) >= 11 is 0. The predicted octanol–water partition coefficient (Wildman–Crippen LogP) is 5.94. The summed E-state index contributed by atoms with van der Waals surface area (Å²) in [5.74, 6) is 3.60. The van der Waals surface area contributed by atoms with Gasteiger partial charge in [0.05, 0.1) is 12.2 Å². The highest BCUT2D eigenvalue weighted by Gasteiger charge is 2.62. The molecule has 0 bridgehead atoms. The molecule has 0 spiro atoms. The molecule has 1 heterocycles. The molecule has 0 unspecified atom stereocenters. The van der Waals surface area contributed by atoms with Crippen LogP contribution in [0.5, 0.6) is 0 Å². The van der Waals surface area contributed by atoms with E-state index in [1.54, 1.807) is 0 Å². The van der Waals surface area contributed by atoms with E-state index in [4.69, 9.17) is 0 Å². The third-order valence-electron chi connectivity index (χ3n) is 12.4. The van der Waals surface area contributed by atoms with Gasteiger partial charge in [-0.25, -0.2) is 0 Å². The highest BCUT2D eigenvalue weighted by atomic mass is 16.3. The quantitative estimate of drug-likeness (QED) is 0.546. The Kier molecular flexibility index (Phi) is 6.31. The summed E-state index contributed by atoms with van der Waals surface area (Å²) in [5, 5.41) is 21.8. The lowest BCUT2D eigenvalue weighted by Gasteiger charge is -2.62. The van der Waals surface area contributed by atoms with Crippen molar-refractivity contribution in [2.24, 2.45) is 46.3 Å². The molecule has 5 aliphatic rings. The first kappa shape index (κ1) is 24.9. The van der Waals surface area contributed by atoms with Crippen LogP contribution in [0.15, 0.2) is 24.3 Å². The van der Waals surface area contributed by atoms with Gasteiger partial charge in [0, 0.05) is 19.5 Å². The first-order chi connectivity index (χ1) is 17.2. The fourth-order valence-electron chi connectivity index (χ4n) is 10.4. The molecule has 10 atom stereocenters. The molecule has 6 rings (SSSR count). The fraction of sp³-hybridized carbons (Fsp3) is 0.781. The molecule has 1 aromatic carbocycles. The van der Waals surface area contributed by atoms with Gasteiger partial charge in [-0.05, 0) is 115 Å². The average Bonchev–Trinajstić information content (AvgIpc) is 3.44. The van der Waals surface area contributed by atoms with Crippen LogP contribution in [0.3, 0.4) is 0 Å². The van der Waals surface area contributed by atoms with Gasteiger partial charge < -0.3 is 15.1 Å². The van der Waals surface area contributed by atoms with Crippen molar-refractivity contribution in [1.82, 2.24) is 4.90 Å². The molecule has 2 N–H and O–H groups in total. The molecule has 198 valence electrons. The fourth-order valence-corrected chi connectivity index (χ4v) is 10.4. The van der Waals surface area contributed by atoms with Gasteiger partial charge in [0.25, 0.3) is 0 Å². The van der Waals surface area contributed by atoms with Crippen molar-refractivity contribution in [3.05, 3.63) is 35.4 Å². The number of hydrogen-bond donors (Lipinski definition) is 2. The van der Waals surface area contributed by atoms with Crippen LogP contribution >= 0.6 is 0 Å². The molecule has 4 nitrogen and oxygen atoms in total. The average molecular weight is 494 g/mol. The predicted molar refractivity (Wildman–Crippen MR) is 142 cm³/mol. The van der Waals surface area contributed by atoms with Gasteiger partial charge in [-0.15, -0.1) is 0 Å². The zero-order chi connectivity index (χ0) is 25.2. The number of nitrogens with zero attached hydrogens (tertiary/aromatic N) is 1. The summed E-state index contributed by atoms with van der Waals surface area (Å²) in [7, 11) is 0. The van der Waals surface area contributed by atoms with E-state index < -0.39 is 0 Å². The molecule has 4 aliphatic carbocycles. The molecule has 0 saturated heterocycles. The Labute approximate surface area is 217 Å². The van der Waals surface area contributed by atoms with Crippen molar-refractivity contribution in [2.45, 2.75) is 110 Å². The number of aliphatic hydroxyl groups excluding tert-OH is 2. The minimum absolute atomic E-state index is 0.171. The summed E-state index contributed by atoms with van der Waals surface area (Å²) in [6.45, 7) is 8.96. The SMILES string of the molecule is C[C@H](CCC(=O)N1Cc2ccccc2C1)[C@H]1CC[C@H]2[C@@H]3[C@H](O)C[C@@H]4C[C@H](O)CC[C@]4(C)[C@H]3CC[C@]12C. The lowest BCUT2D eigenvalue weighted by Crippen LogP contribution is -2.58. The maximum absolute atomic E-state index is 13.1. The Bertz CT molecular complexity index is 968. The molecule has 0 aromatic heterocycles. The summed E-state index contributed by atoms with van der Waals surface area (Å²) in [4.78, 5) is 15.1. The third-order valence-corrected chi connectivity index (χ3v) is 12.4. The number of carbonyl (C=O) groups is 1. The van der Waals surface area contributed by atoms with Crippen molar-refractivity contribution >= 4 is 5.91 Å². The normalized spacial score (nSPS) is 44.4. The molecule has 1 amide bonds. The van der Waals surface area contributed by atoms with Gasteiger partial charge in [-0.2, -0.15) is 0 Å². The number of rotatable bonds is 4. The van der Waals surface area contributed by atoms with E-state index in [0.29, 0.717) is 47.8 Å². The number of aliphatic hydroxyl groups is 2. The molecule has 0 radical (unpaired) electrons. The lowest BCUT2D eigenvalue weighted by atomic mass is 9.43. The molecular formula is C32H47NO3. The molecule has 4 fully saturated rings. The first-order valence-corrected chi connectivity index (χ1v) is 14.9. The minimum atomic E-state index is -0.213. The maximum Gasteiger partial charge on any atom is 0.223 e. The van der Waals surface area contributed by atoms with E-state index in [1.807, 2.05) is 4.90 Å². The van der Waals surface area contributed by atoms with E-state index in [0.717, 1.165) is 45.2 Å². The van der Waals surface area contributed by atoms with Crippen LogP contribution in [-0.4, -0.2) is 33.2 Å². The number of hydrogen-bond acceptors (Lipinski definition) is 3. The van der Waals surface area contributed by atoms with Crippen molar-refractivity contribution in [1.29, 1.82) is 0 Å². The standard InChI is InChI=1S/C32H47NO3/c1-20(8-11-29(36)33-18-21-6-4-5-7-22(21)19-33)25-9-10-26-30-27(13-15-32(25,26)3)31(2)14-12-24(34)16-23(31)17-28(30)35/h4-7,20,23-28,30,34-35H,8-19H2,1-3H3/t20-,23+,24-,25-,26+,27+,28-,30+,31+,32-/m1/s1. The van der Waals surface area contributed by atoms with Crippen molar-refractivity contribution in [3.8, 4) is 0 Å².